The number of methoxy groups -OCH3 is 1. The van der Waals surface area contributed by atoms with Crippen LogP contribution in [0.3, 0.4) is 0 Å². The first-order chi connectivity index (χ1) is 4.77. The molecule has 2 radical (unpaired) electrons. The van der Waals surface area contributed by atoms with Gasteiger partial charge >= 0.3 is 0 Å². The molecule has 1 N–H and O–H groups in total. The fraction of sp³-hybridized carbons (Fsp3) is 1.00. The fourth-order valence-electron chi connectivity index (χ4n) is 1.16. The van der Waals surface area contributed by atoms with Gasteiger partial charge in [0.05, 0.1) is 12.7 Å². The molecule has 1 rings (SSSR count). The van der Waals surface area contributed by atoms with Crippen LogP contribution in [0.4, 0.5) is 0 Å². The summed E-state index contributed by atoms with van der Waals surface area (Å²) in [5.74, 6) is 0. The van der Waals surface area contributed by atoms with E-state index >= 15 is 0 Å². The van der Waals surface area contributed by atoms with Crippen LogP contribution in [0.2, 0.25) is 0 Å². The van der Waals surface area contributed by atoms with E-state index in [2.05, 4.69) is 0 Å². The van der Waals surface area contributed by atoms with Crippen molar-refractivity contribution in [2.45, 2.75) is 24.6 Å². The van der Waals surface area contributed by atoms with Gasteiger partial charge in [-0.3, -0.25) is 0 Å². The van der Waals surface area contributed by atoms with Crippen molar-refractivity contribution < 1.29 is 14.6 Å². The minimum Gasteiger partial charge on any atom is -0.394 e. The Morgan fingerprint density at radius 3 is 2.90 bits per heavy atom. The molecule has 3 nitrogen and oxygen atoms in total. The summed E-state index contributed by atoms with van der Waals surface area (Å²) in [7, 11) is 7.05. The number of rotatable bonds is 2. The van der Waals surface area contributed by atoms with Gasteiger partial charge in [0, 0.05) is 13.1 Å². The molecule has 3 atom stereocenters. The van der Waals surface area contributed by atoms with Crippen LogP contribution in [0.5, 0.6) is 0 Å². The highest BCUT2D eigenvalue weighted by Crippen LogP contribution is 2.19. The maximum absolute atomic E-state index is 8.72. The zero-order valence-corrected chi connectivity index (χ0v) is 5.99. The standard InChI is InChI=1S/C6H11BO3/c1-9-4-2-6(7)10-5(4)3-8/h4-6,8H,2-3H2,1H3/t4-,5-,6-/m1/s1. The first kappa shape index (κ1) is 8.05. The van der Waals surface area contributed by atoms with Crippen LogP contribution in [0.25, 0.3) is 0 Å². The second-order valence-corrected chi connectivity index (χ2v) is 2.41. The van der Waals surface area contributed by atoms with E-state index in [1.807, 2.05) is 0 Å². The minimum absolute atomic E-state index is 0.0216. The zero-order valence-electron chi connectivity index (χ0n) is 5.99. The molecular formula is C6H11BO3. The molecule has 56 valence electrons. The van der Waals surface area contributed by atoms with Crippen LogP contribution in [-0.2, 0) is 9.47 Å². The first-order valence-electron chi connectivity index (χ1n) is 3.32. The van der Waals surface area contributed by atoms with Gasteiger partial charge < -0.3 is 14.6 Å². The first-order valence-corrected chi connectivity index (χ1v) is 3.32. The lowest BCUT2D eigenvalue weighted by Gasteiger charge is -2.13. The summed E-state index contributed by atoms with van der Waals surface area (Å²) in [5.41, 5.74) is 0. The zero-order chi connectivity index (χ0) is 7.56. The van der Waals surface area contributed by atoms with Crippen LogP contribution < -0.4 is 0 Å². The molecule has 4 heteroatoms. The van der Waals surface area contributed by atoms with Crippen LogP contribution in [0.1, 0.15) is 6.42 Å². The van der Waals surface area contributed by atoms with Gasteiger partial charge in [0.15, 0.2) is 0 Å². The Kier molecular flexibility index (Phi) is 2.71. The van der Waals surface area contributed by atoms with Crippen molar-refractivity contribution in [1.29, 1.82) is 0 Å². The summed E-state index contributed by atoms with van der Waals surface area (Å²) in [4.78, 5) is 0. The lowest BCUT2D eigenvalue weighted by molar-refractivity contribution is -0.0205. The summed E-state index contributed by atoms with van der Waals surface area (Å²) in [5, 5.41) is 8.72. The molecule has 0 amide bonds. The Balaban J connectivity index is 2.41. The Morgan fingerprint density at radius 1 is 1.80 bits per heavy atom. The van der Waals surface area contributed by atoms with Crippen molar-refractivity contribution in [1.82, 2.24) is 0 Å². The van der Waals surface area contributed by atoms with E-state index in [0.717, 1.165) is 0 Å². The third kappa shape index (κ3) is 1.51. The lowest BCUT2D eigenvalue weighted by Crippen LogP contribution is -2.26. The van der Waals surface area contributed by atoms with E-state index in [4.69, 9.17) is 22.4 Å². The quantitative estimate of drug-likeness (QED) is 0.517. The Morgan fingerprint density at radius 2 is 2.50 bits per heavy atom. The van der Waals surface area contributed by atoms with E-state index in [-0.39, 0.29) is 24.8 Å². The summed E-state index contributed by atoms with van der Waals surface area (Å²) in [6, 6.07) is -0.276. The van der Waals surface area contributed by atoms with Crippen molar-refractivity contribution in [2.75, 3.05) is 13.7 Å². The molecule has 1 saturated heterocycles. The number of hydrogen-bond acceptors (Lipinski definition) is 3. The molecule has 1 heterocycles. The van der Waals surface area contributed by atoms with Crippen molar-refractivity contribution in [2.24, 2.45) is 0 Å². The number of aliphatic hydroxyl groups excluding tert-OH is 1. The van der Waals surface area contributed by atoms with Crippen LogP contribution in [0.15, 0.2) is 0 Å². The second-order valence-electron chi connectivity index (χ2n) is 2.41. The normalized spacial score (nSPS) is 40.4. The molecule has 1 aliphatic heterocycles. The van der Waals surface area contributed by atoms with Crippen molar-refractivity contribution in [3.63, 3.8) is 0 Å². The van der Waals surface area contributed by atoms with Crippen LogP contribution in [0, 0.1) is 0 Å². The minimum atomic E-state index is -0.276. The second kappa shape index (κ2) is 3.37. The summed E-state index contributed by atoms with van der Waals surface area (Å²) in [6.45, 7) is -0.0216. The van der Waals surface area contributed by atoms with Gasteiger partial charge in [-0.2, -0.15) is 0 Å². The van der Waals surface area contributed by atoms with Crippen molar-refractivity contribution in [3.05, 3.63) is 0 Å². The van der Waals surface area contributed by atoms with Crippen LogP contribution in [-0.4, -0.2) is 44.9 Å². The lowest BCUT2D eigenvalue weighted by atomic mass is 9.96. The number of ether oxygens (including phenoxy) is 2. The maximum Gasteiger partial charge on any atom is 0.109 e. The maximum atomic E-state index is 8.72. The number of aliphatic hydroxyl groups is 1. The van der Waals surface area contributed by atoms with E-state index < -0.39 is 0 Å². The van der Waals surface area contributed by atoms with Gasteiger partial charge in [0.1, 0.15) is 14.0 Å². The predicted molar refractivity (Wildman–Crippen MR) is 36.9 cm³/mol. The van der Waals surface area contributed by atoms with Gasteiger partial charge in [-0.15, -0.1) is 0 Å². The van der Waals surface area contributed by atoms with Crippen LogP contribution >= 0.6 is 0 Å². The van der Waals surface area contributed by atoms with E-state index in [1.165, 1.54) is 0 Å². The third-order valence-corrected chi connectivity index (χ3v) is 1.71. The average molecular weight is 142 g/mol. The highest BCUT2D eigenvalue weighted by molar-refractivity contribution is 6.11. The topological polar surface area (TPSA) is 38.7 Å². The van der Waals surface area contributed by atoms with E-state index in [1.54, 1.807) is 7.11 Å². The van der Waals surface area contributed by atoms with Gasteiger partial charge in [0.2, 0.25) is 0 Å². The van der Waals surface area contributed by atoms with Crippen molar-refractivity contribution in [3.8, 4) is 0 Å². The molecule has 0 bridgehead atoms. The summed E-state index contributed by atoms with van der Waals surface area (Å²) >= 11 is 0. The highest BCUT2D eigenvalue weighted by Gasteiger charge is 2.31. The smallest absolute Gasteiger partial charge is 0.109 e. The molecule has 0 aromatic heterocycles. The average Bonchev–Trinajstić information content (AvgIpc) is 2.30. The molecule has 0 aromatic rings. The van der Waals surface area contributed by atoms with Gasteiger partial charge in [-0.25, -0.2) is 0 Å². The largest absolute Gasteiger partial charge is 0.394 e. The summed E-state index contributed by atoms with van der Waals surface area (Å²) < 4.78 is 10.1. The Labute approximate surface area is 61.7 Å². The van der Waals surface area contributed by atoms with E-state index in [9.17, 15) is 0 Å². The SMILES string of the molecule is [B][C@H]1C[C@@H](OC)[C@@H](CO)O1. The molecule has 1 fully saturated rings. The molecular weight excluding hydrogens is 131 g/mol. The molecule has 10 heavy (non-hydrogen) atoms. The fourth-order valence-corrected chi connectivity index (χ4v) is 1.16. The molecule has 0 aromatic carbocycles. The van der Waals surface area contributed by atoms with Gasteiger partial charge in [-0.1, -0.05) is 0 Å². The Hall–Kier alpha value is -0.0551. The predicted octanol–water partition coefficient (Wildman–Crippen LogP) is -0.723. The van der Waals surface area contributed by atoms with Crippen molar-refractivity contribution >= 4 is 7.85 Å². The molecule has 0 aliphatic carbocycles. The summed E-state index contributed by atoms with van der Waals surface area (Å²) in [6.07, 6.45) is 0.391. The molecule has 0 unspecified atom stereocenters. The third-order valence-electron chi connectivity index (χ3n) is 1.71. The molecule has 0 saturated carbocycles. The van der Waals surface area contributed by atoms with Gasteiger partial charge in [-0.05, 0) is 6.42 Å². The van der Waals surface area contributed by atoms with E-state index in [0.29, 0.717) is 6.42 Å². The van der Waals surface area contributed by atoms with Gasteiger partial charge in [0.25, 0.3) is 0 Å². The Bertz CT molecular complexity index is 97.2. The monoisotopic (exact) mass is 142 g/mol. The number of hydrogen-bond donors (Lipinski definition) is 1. The highest BCUT2D eigenvalue weighted by atomic mass is 16.6. The molecule has 1 aliphatic rings. The molecule has 0 spiro atoms.